The first-order chi connectivity index (χ1) is 17.7. The Balaban J connectivity index is 1.45. The number of nitrogens with one attached hydrogen (secondary N) is 1. The lowest BCUT2D eigenvalue weighted by Crippen LogP contribution is -2.45. The molecule has 8 nitrogen and oxygen atoms in total. The number of ether oxygens (including phenoxy) is 1. The number of carbonyl (C=O) groups is 2. The minimum atomic E-state index is -1.05. The average Bonchev–Trinajstić information content (AvgIpc) is 2.86. The van der Waals surface area contributed by atoms with Crippen LogP contribution in [0.3, 0.4) is 0 Å². The lowest BCUT2D eigenvalue weighted by atomic mass is 9.92. The minimum absolute atomic E-state index is 0.0164. The van der Waals surface area contributed by atoms with Gasteiger partial charge < -0.3 is 20.7 Å². The summed E-state index contributed by atoms with van der Waals surface area (Å²) in [5.41, 5.74) is 5.67. The quantitative estimate of drug-likeness (QED) is 0.412. The number of hydrogen-bond acceptors (Lipinski definition) is 6. The molecule has 1 aromatic heterocycles. The van der Waals surface area contributed by atoms with Gasteiger partial charge >= 0.3 is 0 Å². The fourth-order valence-electron chi connectivity index (χ4n) is 4.48. The summed E-state index contributed by atoms with van der Waals surface area (Å²) in [6.45, 7) is 7.87. The molecule has 0 bridgehead atoms. The molecule has 0 unspecified atom stereocenters. The van der Waals surface area contributed by atoms with Crippen molar-refractivity contribution in [2.75, 3.05) is 24.6 Å². The summed E-state index contributed by atoms with van der Waals surface area (Å²) in [6.07, 6.45) is 8.67. The highest BCUT2D eigenvalue weighted by atomic mass is 19.1. The third-order valence-electron chi connectivity index (χ3n) is 6.62. The first-order valence-corrected chi connectivity index (χ1v) is 13.0. The molecule has 2 heterocycles. The molecule has 3 rings (SSSR count). The molecule has 1 aliphatic heterocycles. The second-order valence-corrected chi connectivity index (χ2v) is 9.99. The van der Waals surface area contributed by atoms with Crippen LogP contribution < -0.4 is 20.7 Å². The topological polar surface area (TPSA) is 110 Å². The van der Waals surface area contributed by atoms with Crippen molar-refractivity contribution in [2.45, 2.75) is 65.3 Å². The van der Waals surface area contributed by atoms with E-state index in [9.17, 15) is 18.4 Å². The van der Waals surface area contributed by atoms with Gasteiger partial charge in [-0.25, -0.2) is 18.7 Å². The van der Waals surface area contributed by atoms with Crippen molar-refractivity contribution < 1.29 is 23.1 Å². The first-order valence-electron chi connectivity index (χ1n) is 13.0. The summed E-state index contributed by atoms with van der Waals surface area (Å²) >= 11 is 0. The Morgan fingerprint density at radius 1 is 1.16 bits per heavy atom. The molecule has 202 valence electrons. The van der Waals surface area contributed by atoms with Crippen molar-refractivity contribution >= 4 is 17.8 Å². The largest absolute Gasteiger partial charge is 0.493 e. The van der Waals surface area contributed by atoms with Crippen LogP contribution in [0.1, 0.15) is 68.8 Å². The molecule has 1 fully saturated rings. The van der Waals surface area contributed by atoms with Gasteiger partial charge in [0.05, 0.1) is 6.61 Å². The smallest absolute Gasteiger partial charge is 0.257 e. The number of benzene rings is 1. The van der Waals surface area contributed by atoms with E-state index < -0.39 is 35.1 Å². The monoisotopic (exact) mass is 517 g/mol. The van der Waals surface area contributed by atoms with Gasteiger partial charge in [-0.3, -0.25) is 9.59 Å². The molecule has 37 heavy (non-hydrogen) atoms. The SMILES string of the molecule is CCc1cnc(N2CCC(CCCOc3cc(F)c(C(=O)N[C@H](CC(C)C)C(N)=O)c(F)c3)CC2)nc1. The molecule has 1 saturated heterocycles. The van der Waals surface area contributed by atoms with E-state index in [4.69, 9.17) is 10.5 Å². The molecule has 0 aliphatic carbocycles. The maximum absolute atomic E-state index is 14.6. The van der Waals surface area contributed by atoms with E-state index in [-0.39, 0.29) is 18.1 Å². The zero-order valence-electron chi connectivity index (χ0n) is 21.8. The number of amides is 2. The summed E-state index contributed by atoms with van der Waals surface area (Å²) in [7, 11) is 0. The van der Waals surface area contributed by atoms with E-state index in [2.05, 4.69) is 27.1 Å². The van der Waals surface area contributed by atoms with E-state index in [0.29, 0.717) is 12.5 Å². The van der Waals surface area contributed by atoms with Crippen LogP contribution in [0.15, 0.2) is 24.5 Å². The highest BCUT2D eigenvalue weighted by Crippen LogP contribution is 2.25. The van der Waals surface area contributed by atoms with Gasteiger partial charge in [0, 0.05) is 37.6 Å². The predicted molar refractivity (Wildman–Crippen MR) is 137 cm³/mol. The number of nitrogens with two attached hydrogens (primary N) is 1. The lowest BCUT2D eigenvalue weighted by Gasteiger charge is -2.32. The highest BCUT2D eigenvalue weighted by molar-refractivity contribution is 5.97. The summed E-state index contributed by atoms with van der Waals surface area (Å²) in [6, 6.07) is 0.965. The van der Waals surface area contributed by atoms with Gasteiger partial charge in [-0.1, -0.05) is 20.8 Å². The van der Waals surface area contributed by atoms with Crippen LogP contribution in [0.5, 0.6) is 5.75 Å². The van der Waals surface area contributed by atoms with E-state index in [1.54, 1.807) is 0 Å². The molecule has 1 aromatic carbocycles. The van der Waals surface area contributed by atoms with Gasteiger partial charge in [0.15, 0.2) is 0 Å². The van der Waals surface area contributed by atoms with Crippen LogP contribution in [-0.4, -0.2) is 47.5 Å². The van der Waals surface area contributed by atoms with Crippen LogP contribution in [0.2, 0.25) is 0 Å². The number of carbonyl (C=O) groups excluding carboxylic acids is 2. The van der Waals surface area contributed by atoms with Crippen molar-refractivity contribution in [1.82, 2.24) is 15.3 Å². The fourth-order valence-corrected chi connectivity index (χ4v) is 4.48. The number of halogens is 2. The minimum Gasteiger partial charge on any atom is -0.493 e. The van der Waals surface area contributed by atoms with Gasteiger partial charge in [-0.15, -0.1) is 0 Å². The molecule has 1 aliphatic rings. The van der Waals surface area contributed by atoms with Crippen molar-refractivity contribution in [3.05, 3.63) is 47.3 Å². The maximum Gasteiger partial charge on any atom is 0.257 e. The normalized spacial score (nSPS) is 15.0. The maximum atomic E-state index is 14.6. The predicted octanol–water partition coefficient (Wildman–Crippen LogP) is 4.02. The number of piperidine rings is 1. The molecule has 10 heteroatoms. The summed E-state index contributed by atoms with van der Waals surface area (Å²) in [4.78, 5) is 35.1. The summed E-state index contributed by atoms with van der Waals surface area (Å²) < 4.78 is 34.7. The summed E-state index contributed by atoms with van der Waals surface area (Å²) in [5, 5.41) is 2.33. The third kappa shape index (κ3) is 8.10. The highest BCUT2D eigenvalue weighted by Gasteiger charge is 2.25. The van der Waals surface area contributed by atoms with Crippen LogP contribution in [-0.2, 0) is 11.2 Å². The van der Waals surface area contributed by atoms with E-state index >= 15 is 0 Å². The number of nitrogens with zero attached hydrogens (tertiary/aromatic N) is 3. The second kappa shape index (κ2) is 13.3. The van der Waals surface area contributed by atoms with Crippen LogP contribution >= 0.6 is 0 Å². The Bertz CT molecular complexity index is 1030. The van der Waals surface area contributed by atoms with Crippen molar-refractivity contribution in [2.24, 2.45) is 17.6 Å². The molecular weight excluding hydrogens is 480 g/mol. The van der Waals surface area contributed by atoms with Crippen LogP contribution in [0.4, 0.5) is 14.7 Å². The fraction of sp³-hybridized carbons (Fsp3) is 0.556. The Hall–Kier alpha value is -3.30. The third-order valence-corrected chi connectivity index (χ3v) is 6.62. The Kier molecular flexibility index (Phi) is 10.2. The van der Waals surface area contributed by atoms with Crippen LogP contribution in [0.25, 0.3) is 0 Å². The standard InChI is InChI=1S/C27H37F2N5O3/c1-4-18-15-31-27(32-16-18)34-9-7-19(8-10-34)6-5-11-37-20-13-21(28)24(22(29)14-20)26(36)33-23(25(30)35)12-17(2)3/h13-17,19,23H,4-12H2,1-3H3,(H2,30,35)(H,33,36)/t23-/m1/s1. The van der Waals surface area contributed by atoms with Crippen molar-refractivity contribution in [1.29, 1.82) is 0 Å². The number of aryl methyl sites for hydroxylation is 1. The van der Waals surface area contributed by atoms with Gasteiger partial charge in [0.25, 0.3) is 5.91 Å². The second-order valence-electron chi connectivity index (χ2n) is 9.99. The van der Waals surface area contributed by atoms with E-state index in [0.717, 1.165) is 68.8 Å². The van der Waals surface area contributed by atoms with E-state index in [1.165, 1.54) is 0 Å². The number of anilines is 1. The summed E-state index contributed by atoms with van der Waals surface area (Å²) in [5.74, 6) is -2.51. The van der Waals surface area contributed by atoms with Gasteiger partial charge in [-0.2, -0.15) is 0 Å². The molecule has 1 atom stereocenters. The van der Waals surface area contributed by atoms with E-state index in [1.807, 2.05) is 26.2 Å². The Morgan fingerprint density at radius 2 is 1.78 bits per heavy atom. The van der Waals surface area contributed by atoms with Gasteiger partial charge in [0.2, 0.25) is 11.9 Å². The number of hydrogen-bond donors (Lipinski definition) is 2. The molecule has 0 saturated carbocycles. The number of primary amides is 1. The zero-order chi connectivity index (χ0) is 26.9. The van der Waals surface area contributed by atoms with Crippen molar-refractivity contribution in [3.8, 4) is 5.75 Å². The molecule has 0 spiro atoms. The zero-order valence-corrected chi connectivity index (χ0v) is 21.8. The van der Waals surface area contributed by atoms with Gasteiger partial charge in [0.1, 0.15) is 29.0 Å². The molecular formula is C27H37F2N5O3. The van der Waals surface area contributed by atoms with Gasteiger partial charge in [-0.05, 0) is 55.9 Å². The number of rotatable bonds is 12. The lowest BCUT2D eigenvalue weighted by molar-refractivity contribution is -0.120. The molecule has 0 radical (unpaired) electrons. The first kappa shape index (κ1) is 28.3. The van der Waals surface area contributed by atoms with Crippen LogP contribution in [0, 0.1) is 23.5 Å². The Morgan fingerprint density at radius 3 is 2.32 bits per heavy atom. The molecule has 2 amide bonds. The number of aromatic nitrogens is 2. The molecule has 3 N–H and O–H groups in total. The Labute approximate surface area is 217 Å². The molecule has 2 aromatic rings. The average molecular weight is 518 g/mol. The van der Waals surface area contributed by atoms with Crippen molar-refractivity contribution in [3.63, 3.8) is 0 Å².